The summed E-state index contributed by atoms with van der Waals surface area (Å²) in [5.41, 5.74) is 4.57. The average molecular weight is 419 g/mol. The molecule has 0 saturated carbocycles. The summed E-state index contributed by atoms with van der Waals surface area (Å²) >= 11 is 1.56. The molecule has 0 aliphatic heterocycles. The minimum absolute atomic E-state index is 0.000772. The van der Waals surface area contributed by atoms with Gasteiger partial charge >= 0.3 is 5.97 Å². The molecule has 3 aromatic rings. The van der Waals surface area contributed by atoms with E-state index in [1.807, 2.05) is 42.7 Å². The lowest BCUT2D eigenvalue weighted by molar-refractivity contribution is -0.136. The molecule has 0 radical (unpaired) electrons. The van der Waals surface area contributed by atoms with E-state index in [1.54, 1.807) is 23.5 Å². The maximum Gasteiger partial charge on any atom is 0.307 e. The molecule has 0 unspecified atom stereocenters. The molecule has 30 heavy (non-hydrogen) atoms. The average Bonchev–Trinajstić information content (AvgIpc) is 3.18. The predicted octanol–water partition coefficient (Wildman–Crippen LogP) is 5.37. The number of aliphatic carboxylic acids is 1. The van der Waals surface area contributed by atoms with E-state index in [-0.39, 0.29) is 6.42 Å². The zero-order valence-corrected chi connectivity index (χ0v) is 17.7. The largest absolute Gasteiger partial charge is 0.481 e. The van der Waals surface area contributed by atoms with Gasteiger partial charge in [0.05, 0.1) is 23.8 Å². The van der Waals surface area contributed by atoms with Crippen LogP contribution in [0.1, 0.15) is 35.7 Å². The first-order valence-electron chi connectivity index (χ1n) is 9.57. The van der Waals surface area contributed by atoms with Crippen LogP contribution in [0.15, 0.2) is 41.8 Å². The highest BCUT2D eigenvalue weighted by Gasteiger charge is 2.13. The number of thiophene rings is 1. The third kappa shape index (κ3) is 5.31. The van der Waals surface area contributed by atoms with Crippen molar-refractivity contribution < 1.29 is 9.90 Å². The Morgan fingerprint density at radius 2 is 2.07 bits per heavy atom. The molecule has 0 spiro atoms. The summed E-state index contributed by atoms with van der Waals surface area (Å²) in [5.74, 6) is 0.554. The van der Waals surface area contributed by atoms with Crippen LogP contribution in [-0.2, 0) is 17.6 Å². The molecule has 3 rings (SSSR count). The van der Waals surface area contributed by atoms with Gasteiger partial charge in [-0.25, -0.2) is 9.97 Å². The number of carboxylic acids is 1. The van der Waals surface area contributed by atoms with Gasteiger partial charge in [0.15, 0.2) is 5.82 Å². The minimum Gasteiger partial charge on any atom is -0.481 e. The molecule has 0 aliphatic carbocycles. The molecular weight excluding hydrogens is 396 g/mol. The molecule has 0 fully saturated rings. The molecule has 7 heteroatoms. The van der Waals surface area contributed by atoms with E-state index in [0.29, 0.717) is 12.2 Å². The van der Waals surface area contributed by atoms with Crippen LogP contribution in [0, 0.1) is 18.3 Å². The number of aromatic nitrogens is 2. The van der Waals surface area contributed by atoms with Crippen molar-refractivity contribution in [2.75, 3.05) is 5.32 Å². The van der Waals surface area contributed by atoms with Crippen molar-refractivity contribution in [2.45, 2.75) is 33.1 Å². The van der Waals surface area contributed by atoms with Crippen molar-refractivity contribution in [3.05, 3.63) is 64.2 Å². The number of rotatable bonds is 8. The zero-order valence-electron chi connectivity index (χ0n) is 16.8. The van der Waals surface area contributed by atoms with E-state index < -0.39 is 5.97 Å². The predicted molar refractivity (Wildman–Crippen MR) is 120 cm³/mol. The van der Waals surface area contributed by atoms with E-state index >= 15 is 0 Å². The third-order valence-corrected chi connectivity index (χ3v) is 5.44. The van der Waals surface area contributed by atoms with E-state index in [1.165, 1.54) is 0 Å². The Hall–Kier alpha value is -3.50. The zero-order chi connectivity index (χ0) is 21.5. The maximum absolute atomic E-state index is 10.9. The number of nitrogens with one attached hydrogen (secondary N) is 1. The quantitative estimate of drug-likeness (QED) is 0.510. The van der Waals surface area contributed by atoms with E-state index in [0.717, 1.165) is 45.2 Å². The fourth-order valence-electron chi connectivity index (χ4n) is 3.05. The van der Waals surface area contributed by atoms with Gasteiger partial charge in [0.25, 0.3) is 0 Å². The summed E-state index contributed by atoms with van der Waals surface area (Å²) in [6.07, 6.45) is 4.93. The number of benzene rings is 1. The molecule has 2 N–H and O–H groups in total. The SMILES string of the molecule is CCc1c(C)nc(-c2cc(/C=C/CC#N)cs2)nc1Nc1ccc(CC(=O)O)cc1. The van der Waals surface area contributed by atoms with Gasteiger partial charge in [-0.15, -0.1) is 11.3 Å². The Balaban J connectivity index is 1.88. The van der Waals surface area contributed by atoms with Gasteiger partial charge in [0.2, 0.25) is 0 Å². The number of hydrogen-bond donors (Lipinski definition) is 2. The van der Waals surface area contributed by atoms with Gasteiger partial charge in [-0.2, -0.15) is 5.26 Å². The minimum atomic E-state index is -0.849. The molecule has 0 atom stereocenters. The number of carbonyl (C=O) groups is 1. The summed E-state index contributed by atoms with van der Waals surface area (Å²) in [4.78, 5) is 21.3. The monoisotopic (exact) mass is 418 g/mol. The lowest BCUT2D eigenvalue weighted by Gasteiger charge is -2.14. The summed E-state index contributed by atoms with van der Waals surface area (Å²) in [7, 11) is 0. The van der Waals surface area contributed by atoms with Crippen LogP contribution in [0.4, 0.5) is 11.5 Å². The van der Waals surface area contributed by atoms with Crippen molar-refractivity contribution in [3.63, 3.8) is 0 Å². The van der Waals surface area contributed by atoms with Crippen molar-refractivity contribution in [3.8, 4) is 16.8 Å². The lowest BCUT2D eigenvalue weighted by atomic mass is 10.1. The number of allylic oxidation sites excluding steroid dienone is 1. The molecular formula is C23H22N4O2S. The van der Waals surface area contributed by atoms with E-state index in [9.17, 15) is 4.79 Å². The van der Waals surface area contributed by atoms with Crippen LogP contribution in [-0.4, -0.2) is 21.0 Å². The third-order valence-electron chi connectivity index (χ3n) is 4.50. The second kappa shape index (κ2) is 9.81. The number of hydrogen-bond acceptors (Lipinski definition) is 6. The molecule has 2 aromatic heterocycles. The van der Waals surface area contributed by atoms with Crippen LogP contribution >= 0.6 is 11.3 Å². The fourth-order valence-corrected chi connectivity index (χ4v) is 3.86. The fraction of sp³-hybridized carbons (Fsp3) is 0.217. The second-order valence-electron chi connectivity index (χ2n) is 6.71. The first-order chi connectivity index (χ1) is 14.5. The molecule has 0 saturated heterocycles. The number of anilines is 2. The van der Waals surface area contributed by atoms with Gasteiger partial charge < -0.3 is 10.4 Å². The topological polar surface area (TPSA) is 98.9 Å². The van der Waals surface area contributed by atoms with Crippen molar-refractivity contribution in [2.24, 2.45) is 0 Å². The number of aryl methyl sites for hydroxylation is 1. The Morgan fingerprint density at radius 3 is 2.73 bits per heavy atom. The van der Waals surface area contributed by atoms with Crippen LogP contribution in [0.25, 0.3) is 16.8 Å². The van der Waals surface area contributed by atoms with Crippen molar-refractivity contribution in [1.82, 2.24) is 9.97 Å². The Bertz CT molecular complexity index is 1110. The molecule has 6 nitrogen and oxygen atoms in total. The van der Waals surface area contributed by atoms with Crippen LogP contribution < -0.4 is 5.32 Å². The second-order valence-corrected chi connectivity index (χ2v) is 7.63. The van der Waals surface area contributed by atoms with Gasteiger partial charge in [-0.1, -0.05) is 31.2 Å². The first-order valence-corrected chi connectivity index (χ1v) is 10.5. The van der Waals surface area contributed by atoms with Gasteiger partial charge in [-0.3, -0.25) is 4.79 Å². The Morgan fingerprint density at radius 1 is 1.30 bits per heavy atom. The number of nitriles is 1. The Labute approximate surface area is 179 Å². The highest BCUT2D eigenvalue weighted by Crippen LogP contribution is 2.29. The van der Waals surface area contributed by atoms with Crippen LogP contribution in [0.3, 0.4) is 0 Å². The molecule has 0 aliphatic rings. The number of carboxylic acid groups (broad SMARTS) is 1. The number of nitrogens with zero attached hydrogens (tertiary/aromatic N) is 3. The van der Waals surface area contributed by atoms with E-state index in [2.05, 4.69) is 18.3 Å². The smallest absolute Gasteiger partial charge is 0.307 e. The normalized spacial score (nSPS) is 10.8. The molecule has 2 heterocycles. The summed E-state index contributed by atoms with van der Waals surface area (Å²) < 4.78 is 0. The lowest BCUT2D eigenvalue weighted by Crippen LogP contribution is -2.05. The van der Waals surface area contributed by atoms with Crippen LogP contribution in [0.5, 0.6) is 0 Å². The van der Waals surface area contributed by atoms with Gasteiger partial charge in [0.1, 0.15) is 5.82 Å². The van der Waals surface area contributed by atoms with Crippen molar-refractivity contribution >= 4 is 34.9 Å². The molecule has 152 valence electrons. The van der Waals surface area contributed by atoms with Crippen molar-refractivity contribution in [1.29, 1.82) is 5.26 Å². The highest BCUT2D eigenvalue weighted by atomic mass is 32.1. The van der Waals surface area contributed by atoms with Gasteiger partial charge in [-0.05, 0) is 48.1 Å². The van der Waals surface area contributed by atoms with E-state index in [4.69, 9.17) is 20.3 Å². The standard InChI is InChI=1S/C23H22N4O2S/c1-3-19-15(2)25-23(20-12-17(14-30-20)6-4-5-11-24)27-22(19)26-18-9-7-16(8-10-18)13-21(28)29/h4,6-10,12,14H,3,5,13H2,1-2H3,(H,28,29)(H,25,26,27)/b6-4+. The molecule has 1 aromatic carbocycles. The molecule has 0 amide bonds. The van der Waals surface area contributed by atoms with Gasteiger partial charge in [0, 0.05) is 16.9 Å². The molecule has 0 bridgehead atoms. The summed E-state index contributed by atoms with van der Waals surface area (Å²) in [5, 5.41) is 23.0. The first kappa shape index (κ1) is 21.2. The Kier molecular flexibility index (Phi) is 6.94. The maximum atomic E-state index is 10.9. The summed E-state index contributed by atoms with van der Waals surface area (Å²) in [6, 6.07) is 11.4. The highest BCUT2D eigenvalue weighted by molar-refractivity contribution is 7.13. The van der Waals surface area contributed by atoms with Crippen LogP contribution in [0.2, 0.25) is 0 Å². The summed E-state index contributed by atoms with van der Waals surface area (Å²) in [6.45, 7) is 4.04.